The molecule has 0 N–H and O–H groups in total. The molecule has 0 amide bonds. The Bertz CT molecular complexity index is 541. The van der Waals surface area contributed by atoms with Crippen LogP contribution in [0.2, 0.25) is 10.2 Å². The third-order valence-corrected chi connectivity index (χ3v) is 2.42. The smallest absolute Gasteiger partial charge is 0.343 e. The summed E-state index contributed by atoms with van der Waals surface area (Å²) in [5.74, 6) is -0.574. The number of esters is 1. The largest absolute Gasteiger partial charge is 0.465 e. The predicted octanol–water partition coefficient (Wildman–Crippen LogP) is 2.24. The average molecular weight is 283 g/mol. The number of aromatic nitrogens is 3. The van der Waals surface area contributed by atoms with Crippen molar-refractivity contribution in [3.05, 3.63) is 28.1 Å². The van der Waals surface area contributed by atoms with Crippen molar-refractivity contribution in [1.29, 1.82) is 0 Å². The lowest BCUT2D eigenvalue weighted by molar-refractivity contribution is 0.0602. The molecule has 2 rings (SSSR count). The molecule has 0 saturated heterocycles. The van der Waals surface area contributed by atoms with Gasteiger partial charge in [-0.05, 0) is 6.07 Å². The highest BCUT2D eigenvalue weighted by Gasteiger charge is 2.19. The lowest BCUT2D eigenvalue weighted by Gasteiger charge is -2.04. The van der Waals surface area contributed by atoms with Crippen LogP contribution in [-0.2, 0) is 4.74 Å². The molecule has 0 atom stereocenters. The monoisotopic (exact) mass is 281 g/mol. The summed E-state index contributed by atoms with van der Waals surface area (Å²) in [7, 11) is 1.26. The fourth-order valence-corrected chi connectivity index (χ4v) is 1.76. The van der Waals surface area contributed by atoms with E-state index in [0.717, 1.165) is 0 Å². The van der Waals surface area contributed by atoms with Crippen LogP contribution in [0.4, 0.5) is 0 Å². The third-order valence-electron chi connectivity index (χ3n) is 1.85. The first kappa shape index (κ1) is 13.0. The fourth-order valence-electron chi connectivity index (χ4n) is 1.20. The van der Waals surface area contributed by atoms with Crippen molar-refractivity contribution in [2.45, 2.75) is 0 Å². The number of halogens is 3. The van der Waals surface area contributed by atoms with Crippen LogP contribution in [0.25, 0.3) is 5.65 Å². The molecule has 0 fully saturated rings. The van der Waals surface area contributed by atoms with Crippen LogP contribution in [-0.4, -0.2) is 27.7 Å². The number of carbonyl (C=O) groups excluding carboxylic acids is 1. The van der Waals surface area contributed by atoms with Gasteiger partial charge in [0.05, 0.1) is 12.1 Å². The number of nitrogens with zero attached hydrogens (tertiary/aromatic N) is 3. The summed E-state index contributed by atoms with van der Waals surface area (Å²) in [4.78, 5) is 15.3. The maximum atomic E-state index is 11.4. The first-order chi connectivity index (χ1) is 7.15. The number of carbonyl (C=O) groups is 1. The Morgan fingerprint density at radius 2 is 2.19 bits per heavy atom. The van der Waals surface area contributed by atoms with Crippen molar-refractivity contribution in [3.8, 4) is 0 Å². The first-order valence-corrected chi connectivity index (χ1v) is 4.66. The van der Waals surface area contributed by atoms with E-state index in [1.165, 1.54) is 24.0 Å². The fraction of sp³-hybridized carbons (Fsp3) is 0.125. The van der Waals surface area contributed by atoms with Crippen LogP contribution in [0.1, 0.15) is 10.4 Å². The van der Waals surface area contributed by atoms with E-state index in [0.29, 0.717) is 0 Å². The van der Waals surface area contributed by atoms with Crippen molar-refractivity contribution < 1.29 is 9.53 Å². The van der Waals surface area contributed by atoms with E-state index in [-0.39, 0.29) is 33.8 Å². The lowest BCUT2D eigenvalue weighted by atomic mass is 10.2. The van der Waals surface area contributed by atoms with Crippen molar-refractivity contribution in [2.24, 2.45) is 0 Å². The second-order valence-corrected chi connectivity index (χ2v) is 3.47. The summed E-state index contributed by atoms with van der Waals surface area (Å²) in [5, 5.41) is 4.31. The molecule has 0 aliphatic rings. The average Bonchev–Trinajstić information content (AvgIpc) is 2.66. The SMILES string of the molecule is COC(=O)c1c(Cl)cc(Cl)n2ncnc12.Cl. The van der Waals surface area contributed by atoms with Crippen molar-refractivity contribution in [3.63, 3.8) is 0 Å². The van der Waals surface area contributed by atoms with Gasteiger partial charge in [-0.2, -0.15) is 5.10 Å². The topological polar surface area (TPSA) is 56.5 Å². The summed E-state index contributed by atoms with van der Waals surface area (Å²) in [5.41, 5.74) is 0.431. The van der Waals surface area contributed by atoms with E-state index < -0.39 is 5.97 Å². The van der Waals surface area contributed by atoms with Gasteiger partial charge in [-0.3, -0.25) is 0 Å². The molecule has 0 aromatic carbocycles. The number of pyridine rings is 1. The van der Waals surface area contributed by atoms with E-state index in [2.05, 4.69) is 14.8 Å². The molecule has 2 aromatic rings. The number of hydrogen-bond acceptors (Lipinski definition) is 4. The van der Waals surface area contributed by atoms with Crippen molar-refractivity contribution >= 4 is 47.2 Å². The second kappa shape index (κ2) is 4.86. The van der Waals surface area contributed by atoms with Gasteiger partial charge in [-0.15, -0.1) is 12.4 Å². The zero-order valence-corrected chi connectivity index (χ0v) is 10.3. The van der Waals surface area contributed by atoms with Gasteiger partial charge in [-0.25, -0.2) is 14.3 Å². The van der Waals surface area contributed by atoms with Gasteiger partial charge in [0, 0.05) is 0 Å². The maximum absolute atomic E-state index is 11.4. The van der Waals surface area contributed by atoms with Crippen molar-refractivity contribution in [2.75, 3.05) is 7.11 Å². The third kappa shape index (κ3) is 1.93. The minimum Gasteiger partial charge on any atom is -0.465 e. The molecule has 0 aliphatic carbocycles. The van der Waals surface area contributed by atoms with Crippen LogP contribution in [0.5, 0.6) is 0 Å². The second-order valence-electron chi connectivity index (χ2n) is 2.68. The Morgan fingerprint density at radius 1 is 1.50 bits per heavy atom. The Morgan fingerprint density at radius 3 is 2.81 bits per heavy atom. The molecule has 0 radical (unpaired) electrons. The minimum absolute atomic E-state index is 0. The van der Waals surface area contributed by atoms with Crippen LogP contribution < -0.4 is 0 Å². The Kier molecular flexibility index (Phi) is 3.96. The molecule has 5 nitrogen and oxygen atoms in total. The molecular weight excluding hydrogens is 276 g/mol. The van der Waals surface area contributed by atoms with E-state index in [9.17, 15) is 4.79 Å². The standard InChI is InChI=1S/C8H5Cl2N3O2.ClH/c1-15-8(14)6-4(9)2-5(10)13-7(6)11-3-12-13;/h2-3H,1H3;1H. The normalized spacial score (nSPS) is 9.94. The van der Waals surface area contributed by atoms with Crippen molar-refractivity contribution in [1.82, 2.24) is 14.6 Å². The maximum Gasteiger partial charge on any atom is 0.343 e. The Labute approximate surface area is 107 Å². The molecule has 0 saturated carbocycles. The van der Waals surface area contributed by atoms with E-state index in [1.54, 1.807) is 0 Å². The van der Waals surface area contributed by atoms with Gasteiger partial charge in [0.1, 0.15) is 17.0 Å². The predicted molar refractivity (Wildman–Crippen MR) is 61.6 cm³/mol. The summed E-state index contributed by atoms with van der Waals surface area (Å²) >= 11 is 11.7. The van der Waals surface area contributed by atoms with Crippen LogP contribution >= 0.6 is 35.6 Å². The van der Waals surface area contributed by atoms with Gasteiger partial charge in [0.15, 0.2) is 5.65 Å². The van der Waals surface area contributed by atoms with Gasteiger partial charge < -0.3 is 4.74 Å². The highest BCUT2D eigenvalue weighted by molar-refractivity contribution is 6.37. The first-order valence-electron chi connectivity index (χ1n) is 3.91. The summed E-state index contributed by atoms with van der Waals surface area (Å²) in [6, 6.07) is 1.41. The van der Waals surface area contributed by atoms with Gasteiger partial charge in [0.2, 0.25) is 0 Å². The number of methoxy groups -OCH3 is 1. The number of rotatable bonds is 1. The number of fused-ring (bicyclic) bond motifs is 1. The molecule has 2 aromatic heterocycles. The number of hydrogen-bond donors (Lipinski definition) is 0. The van der Waals surface area contributed by atoms with E-state index in [1.807, 2.05) is 0 Å². The molecule has 0 spiro atoms. The summed E-state index contributed by atoms with van der Waals surface area (Å²) < 4.78 is 5.89. The van der Waals surface area contributed by atoms with E-state index >= 15 is 0 Å². The zero-order chi connectivity index (χ0) is 11.0. The molecule has 16 heavy (non-hydrogen) atoms. The summed E-state index contributed by atoms with van der Waals surface area (Å²) in [6.07, 6.45) is 1.28. The van der Waals surface area contributed by atoms with Gasteiger partial charge in [0.25, 0.3) is 0 Å². The Hall–Kier alpha value is -1.04. The molecule has 86 valence electrons. The van der Waals surface area contributed by atoms with Crippen LogP contribution in [0, 0.1) is 0 Å². The van der Waals surface area contributed by atoms with Gasteiger partial charge in [-0.1, -0.05) is 23.2 Å². The highest BCUT2D eigenvalue weighted by atomic mass is 35.5. The molecular formula is C8H6Cl3N3O2. The quantitative estimate of drug-likeness (QED) is 0.594. The summed E-state index contributed by atoms with van der Waals surface area (Å²) in [6.45, 7) is 0. The molecule has 0 bridgehead atoms. The number of ether oxygens (including phenoxy) is 1. The molecule has 0 unspecified atom stereocenters. The zero-order valence-electron chi connectivity index (χ0n) is 7.98. The van der Waals surface area contributed by atoms with E-state index in [4.69, 9.17) is 23.2 Å². The lowest BCUT2D eigenvalue weighted by Crippen LogP contribution is -2.06. The van der Waals surface area contributed by atoms with Crippen LogP contribution in [0.3, 0.4) is 0 Å². The van der Waals surface area contributed by atoms with Gasteiger partial charge >= 0.3 is 5.97 Å². The van der Waals surface area contributed by atoms with Crippen LogP contribution in [0.15, 0.2) is 12.4 Å². The molecule has 8 heteroatoms. The highest BCUT2D eigenvalue weighted by Crippen LogP contribution is 2.24. The Balaban J connectivity index is 0.00000128. The molecule has 0 aliphatic heterocycles. The molecule has 2 heterocycles. The minimum atomic E-state index is -0.574.